The lowest BCUT2D eigenvalue weighted by Crippen LogP contribution is -2.22. The molecule has 1 aromatic heterocycles. The van der Waals surface area contributed by atoms with E-state index in [4.69, 9.17) is 4.74 Å². The van der Waals surface area contributed by atoms with Gasteiger partial charge < -0.3 is 19.6 Å². The van der Waals surface area contributed by atoms with E-state index in [1.807, 2.05) is 32.9 Å². The molecule has 6 heteroatoms. The summed E-state index contributed by atoms with van der Waals surface area (Å²) in [7, 11) is 9.63. The van der Waals surface area contributed by atoms with Crippen LogP contribution in [0.5, 0.6) is 5.75 Å². The second-order valence-corrected chi connectivity index (χ2v) is 5.23. The van der Waals surface area contributed by atoms with Crippen LogP contribution in [0.4, 0.5) is 0 Å². The highest BCUT2D eigenvalue weighted by atomic mass is 16.5. The standard InChI is InChI=1S/C13H26N4O2/c1-15(2)7-6-11(18)13-12(19-5)10-14-17(13)9-8-16(3)4/h10-11,18H,6-9H2,1-5H3. The molecule has 1 aromatic rings. The first-order valence-electron chi connectivity index (χ1n) is 6.53. The minimum absolute atomic E-state index is 0.554. The van der Waals surface area contributed by atoms with Crippen molar-refractivity contribution >= 4 is 0 Å². The lowest BCUT2D eigenvalue weighted by Gasteiger charge is -2.18. The molecule has 0 aliphatic carbocycles. The average molecular weight is 270 g/mol. The van der Waals surface area contributed by atoms with Crippen LogP contribution in [0.25, 0.3) is 0 Å². The number of ether oxygens (including phenoxy) is 1. The number of likely N-dealkylation sites (N-methyl/N-ethyl adjacent to an activating group) is 1. The van der Waals surface area contributed by atoms with Gasteiger partial charge >= 0.3 is 0 Å². The van der Waals surface area contributed by atoms with Gasteiger partial charge in [-0.3, -0.25) is 4.68 Å². The number of hydrogen-bond acceptors (Lipinski definition) is 5. The van der Waals surface area contributed by atoms with Crippen molar-refractivity contribution in [2.45, 2.75) is 19.1 Å². The fourth-order valence-electron chi connectivity index (χ4n) is 1.86. The van der Waals surface area contributed by atoms with E-state index in [9.17, 15) is 5.11 Å². The summed E-state index contributed by atoms with van der Waals surface area (Å²) in [6, 6.07) is 0. The third-order valence-corrected chi connectivity index (χ3v) is 2.99. The molecule has 6 nitrogen and oxygen atoms in total. The summed E-state index contributed by atoms with van der Waals surface area (Å²) >= 11 is 0. The SMILES string of the molecule is COc1cnn(CCN(C)C)c1C(O)CCN(C)C. The Morgan fingerprint density at radius 3 is 2.42 bits per heavy atom. The Labute approximate surface area is 115 Å². The molecule has 1 unspecified atom stereocenters. The second kappa shape index (κ2) is 7.47. The summed E-state index contributed by atoms with van der Waals surface area (Å²) in [5.41, 5.74) is 0.770. The van der Waals surface area contributed by atoms with Crippen molar-refractivity contribution in [3.63, 3.8) is 0 Å². The van der Waals surface area contributed by atoms with Gasteiger partial charge in [-0.25, -0.2) is 0 Å². The van der Waals surface area contributed by atoms with Gasteiger partial charge in [-0.1, -0.05) is 0 Å². The lowest BCUT2D eigenvalue weighted by atomic mass is 10.1. The summed E-state index contributed by atoms with van der Waals surface area (Å²) in [5.74, 6) is 0.657. The first-order chi connectivity index (χ1) is 8.95. The Morgan fingerprint density at radius 1 is 1.26 bits per heavy atom. The molecule has 19 heavy (non-hydrogen) atoms. The maximum atomic E-state index is 10.3. The molecule has 0 fully saturated rings. The van der Waals surface area contributed by atoms with E-state index < -0.39 is 6.10 Å². The molecule has 110 valence electrons. The highest BCUT2D eigenvalue weighted by molar-refractivity contribution is 5.27. The molecular formula is C13H26N4O2. The van der Waals surface area contributed by atoms with Gasteiger partial charge in [0.05, 0.1) is 19.9 Å². The quantitative estimate of drug-likeness (QED) is 0.743. The summed E-state index contributed by atoms with van der Waals surface area (Å²) in [4.78, 5) is 4.14. The van der Waals surface area contributed by atoms with E-state index in [-0.39, 0.29) is 0 Å². The van der Waals surface area contributed by atoms with Crippen molar-refractivity contribution < 1.29 is 9.84 Å². The Kier molecular flexibility index (Phi) is 6.27. The van der Waals surface area contributed by atoms with Gasteiger partial charge in [0.1, 0.15) is 11.8 Å². The summed E-state index contributed by atoms with van der Waals surface area (Å²) < 4.78 is 7.12. The van der Waals surface area contributed by atoms with Crippen LogP contribution in [0.15, 0.2) is 6.20 Å². The van der Waals surface area contributed by atoms with Crippen LogP contribution in [0.2, 0.25) is 0 Å². The third-order valence-electron chi connectivity index (χ3n) is 2.99. The van der Waals surface area contributed by atoms with Gasteiger partial charge in [-0.05, 0) is 34.6 Å². The smallest absolute Gasteiger partial charge is 0.162 e. The first-order valence-corrected chi connectivity index (χ1v) is 6.53. The second-order valence-electron chi connectivity index (χ2n) is 5.23. The third kappa shape index (κ3) is 4.81. The molecule has 0 aromatic carbocycles. The van der Waals surface area contributed by atoms with Crippen LogP contribution in [-0.4, -0.2) is 73.1 Å². The van der Waals surface area contributed by atoms with Crippen molar-refractivity contribution in [1.29, 1.82) is 0 Å². The molecular weight excluding hydrogens is 244 g/mol. The van der Waals surface area contributed by atoms with Crippen molar-refractivity contribution in [2.24, 2.45) is 0 Å². The van der Waals surface area contributed by atoms with Gasteiger partial charge in [0.15, 0.2) is 5.75 Å². The maximum Gasteiger partial charge on any atom is 0.162 e. The van der Waals surface area contributed by atoms with Gasteiger partial charge in [-0.2, -0.15) is 5.10 Å². The Morgan fingerprint density at radius 2 is 1.89 bits per heavy atom. The fraction of sp³-hybridized carbons (Fsp3) is 0.769. The number of aliphatic hydroxyl groups is 1. The monoisotopic (exact) mass is 270 g/mol. The van der Waals surface area contributed by atoms with E-state index >= 15 is 0 Å². The minimum Gasteiger partial charge on any atom is -0.493 e. The molecule has 0 amide bonds. The average Bonchev–Trinajstić information content (AvgIpc) is 2.76. The topological polar surface area (TPSA) is 53.8 Å². The predicted molar refractivity (Wildman–Crippen MR) is 75.5 cm³/mol. The molecule has 1 heterocycles. The van der Waals surface area contributed by atoms with Crippen molar-refractivity contribution in [2.75, 3.05) is 48.4 Å². The van der Waals surface area contributed by atoms with Crippen LogP contribution in [0.3, 0.4) is 0 Å². The molecule has 0 spiro atoms. The van der Waals surface area contributed by atoms with Crippen molar-refractivity contribution in [3.05, 3.63) is 11.9 Å². The summed E-state index contributed by atoms with van der Waals surface area (Å²) in [6.07, 6.45) is 1.78. The van der Waals surface area contributed by atoms with Gasteiger partial charge in [0, 0.05) is 13.1 Å². The molecule has 1 atom stereocenters. The largest absolute Gasteiger partial charge is 0.493 e. The molecule has 0 bridgehead atoms. The zero-order chi connectivity index (χ0) is 14.4. The molecule has 1 rings (SSSR count). The van der Waals surface area contributed by atoms with E-state index in [1.165, 1.54) is 0 Å². The van der Waals surface area contributed by atoms with Gasteiger partial charge in [-0.15, -0.1) is 0 Å². The van der Waals surface area contributed by atoms with Gasteiger partial charge in [0.25, 0.3) is 0 Å². The minimum atomic E-state index is -0.554. The number of rotatable bonds is 8. The van der Waals surface area contributed by atoms with Crippen LogP contribution >= 0.6 is 0 Å². The highest BCUT2D eigenvalue weighted by Gasteiger charge is 2.19. The number of methoxy groups -OCH3 is 1. The first kappa shape index (κ1) is 15.9. The van der Waals surface area contributed by atoms with E-state index in [0.29, 0.717) is 12.2 Å². The Bertz CT molecular complexity index is 377. The van der Waals surface area contributed by atoms with Gasteiger partial charge in [0.2, 0.25) is 0 Å². The number of nitrogens with zero attached hydrogens (tertiary/aromatic N) is 4. The lowest BCUT2D eigenvalue weighted by molar-refractivity contribution is 0.139. The number of aromatic nitrogens is 2. The predicted octanol–water partition coefficient (Wildman–Crippen LogP) is 0.438. The molecule has 0 radical (unpaired) electrons. The van der Waals surface area contributed by atoms with Crippen molar-refractivity contribution in [1.82, 2.24) is 19.6 Å². The molecule has 0 aliphatic rings. The zero-order valence-corrected chi connectivity index (χ0v) is 12.6. The van der Waals surface area contributed by atoms with Crippen LogP contribution in [0.1, 0.15) is 18.2 Å². The Hall–Kier alpha value is -1.11. The van der Waals surface area contributed by atoms with E-state index in [1.54, 1.807) is 13.3 Å². The number of aliphatic hydroxyl groups excluding tert-OH is 1. The Balaban J connectivity index is 2.79. The summed E-state index contributed by atoms with van der Waals surface area (Å²) in [6.45, 7) is 2.44. The fourth-order valence-corrected chi connectivity index (χ4v) is 1.86. The molecule has 1 N–H and O–H groups in total. The highest BCUT2D eigenvalue weighted by Crippen LogP contribution is 2.27. The van der Waals surface area contributed by atoms with Crippen LogP contribution in [-0.2, 0) is 6.54 Å². The van der Waals surface area contributed by atoms with Crippen LogP contribution < -0.4 is 4.74 Å². The van der Waals surface area contributed by atoms with E-state index in [2.05, 4.69) is 14.9 Å². The molecule has 0 saturated carbocycles. The molecule has 0 aliphatic heterocycles. The maximum absolute atomic E-state index is 10.3. The van der Waals surface area contributed by atoms with Crippen molar-refractivity contribution in [3.8, 4) is 5.75 Å². The van der Waals surface area contributed by atoms with Crippen LogP contribution in [0, 0.1) is 0 Å². The zero-order valence-electron chi connectivity index (χ0n) is 12.6. The molecule has 0 saturated heterocycles. The number of hydrogen-bond donors (Lipinski definition) is 1. The van der Waals surface area contributed by atoms with E-state index in [0.717, 1.165) is 25.3 Å². The normalized spacial score (nSPS) is 13.3. The summed E-state index contributed by atoms with van der Waals surface area (Å²) in [5, 5.41) is 14.6.